The summed E-state index contributed by atoms with van der Waals surface area (Å²) in [6.07, 6.45) is 1.24. The molecule has 1 aliphatic heterocycles. The van der Waals surface area contributed by atoms with Crippen LogP contribution in [0.2, 0.25) is 0 Å². The molecule has 1 saturated heterocycles. The van der Waals surface area contributed by atoms with E-state index in [1.165, 1.54) is 10.6 Å². The number of piperazine rings is 1. The van der Waals surface area contributed by atoms with Crippen LogP contribution in [0.5, 0.6) is 5.75 Å². The molecule has 0 bridgehead atoms. The Morgan fingerprint density at radius 2 is 1.61 bits per heavy atom. The van der Waals surface area contributed by atoms with Crippen LogP contribution in [-0.2, 0) is 10.0 Å². The number of rotatable bonds is 6. The maximum Gasteiger partial charge on any atom is 0.255 e. The van der Waals surface area contributed by atoms with Crippen molar-refractivity contribution in [3.05, 3.63) is 54.1 Å². The zero-order valence-corrected chi connectivity index (χ0v) is 16.9. The van der Waals surface area contributed by atoms with Crippen molar-refractivity contribution < 1.29 is 17.9 Å². The molecule has 0 aromatic heterocycles. The molecule has 0 aliphatic carbocycles. The maximum absolute atomic E-state index is 12.4. The van der Waals surface area contributed by atoms with Crippen LogP contribution in [-0.4, -0.2) is 57.7 Å². The quantitative estimate of drug-likeness (QED) is 0.801. The summed E-state index contributed by atoms with van der Waals surface area (Å²) in [4.78, 5) is 14.5. The summed E-state index contributed by atoms with van der Waals surface area (Å²) in [5.74, 6) is 0.553. The minimum atomic E-state index is -3.13. The molecule has 150 valence electrons. The number of benzene rings is 2. The minimum absolute atomic E-state index is 0.183. The van der Waals surface area contributed by atoms with Gasteiger partial charge in [0, 0.05) is 43.1 Å². The highest BCUT2D eigenvalue weighted by atomic mass is 32.2. The highest BCUT2D eigenvalue weighted by molar-refractivity contribution is 7.88. The van der Waals surface area contributed by atoms with Gasteiger partial charge in [0.1, 0.15) is 5.75 Å². The molecule has 0 spiro atoms. The zero-order valence-electron chi connectivity index (χ0n) is 16.1. The second kappa shape index (κ2) is 8.62. The standard InChI is InChI=1S/C20H25N3O4S/c1-3-27-19-10-4-16(5-11-19)20(24)21-17-6-8-18(9-7-17)22-12-14-23(15-13-22)28(2,25)26/h4-11H,3,12-15H2,1-2H3,(H,21,24). The molecule has 1 aliphatic rings. The van der Waals surface area contributed by atoms with Crippen LogP contribution in [0.3, 0.4) is 0 Å². The predicted molar refractivity (Wildman–Crippen MR) is 111 cm³/mol. The number of amides is 1. The van der Waals surface area contributed by atoms with E-state index in [1.807, 2.05) is 31.2 Å². The summed E-state index contributed by atoms with van der Waals surface area (Å²) in [5, 5.41) is 2.88. The Hall–Kier alpha value is -2.58. The lowest BCUT2D eigenvalue weighted by atomic mass is 10.2. The number of hydrogen-bond donors (Lipinski definition) is 1. The van der Waals surface area contributed by atoms with E-state index < -0.39 is 10.0 Å². The SMILES string of the molecule is CCOc1ccc(C(=O)Nc2ccc(N3CCN(S(C)(=O)=O)CC3)cc2)cc1. The molecule has 1 amide bonds. The number of sulfonamides is 1. The molecule has 3 rings (SSSR count). The molecule has 0 saturated carbocycles. The molecule has 7 nitrogen and oxygen atoms in total. The summed E-state index contributed by atoms with van der Waals surface area (Å²) in [6.45, 7) is 4.75. The van der Waals surface area contributed by atoms with Crippen LogP contribution in [0.25, 0.3) is 0 Å². The Balaban J connectivity index is 1.58. The van der Waals surface area contributed by atoms with Crippen LogP contribution in [0, 0.1) is 0 Å². The van der Waals surface area contributed by atoms with Gasteiger partial charge in [0.15, 0.2) is 0 Å². The lowest BCUT2D eigenvalue weighted by molar-refractivity contribution is 0.102. The van der Waals surface area contributed by atoms with Gasteiger partial charge in [-0.25, -0.2) is 8.42 Å². The first-order chi connectivity index (χ1) is 13.4. The molecule has 0 unspecified atom stereocenters. The number of nitrogens with one attached hydrogen (secondary N) is 1. The van der Waals surface area contributed by atoms with E-state index >= 15 is 0 Å². The van der Waals surface area contributed by atoms with Crippen LogP contribution >= 0.6 is 0 Å². The summed E-state index contributed by atoms with van der Waals surface area (Å²) in [5.41, 5.74) is 2.27. The van der Waals surface area contributed by atoms with E-state index in [2.05, 4.69) is 10.2 Å². The largest absolute Gasteiger partial charge is 0.494 e. The summed E-state index contributed by atoms with van der Waals surface area (Å²) in [7, 11) is -3.13. The molecule has 28 heavy (non-hydrogen) atoms. The van der Waals surface area contributed by atoms with Crippen LogP contribution in [0.4, 0.5) is 11.4 Å². The highest BCUT2D eigenvalue weighted by Crippen LogP contribution is 2.21. The van der Waals surface area contributed by atoms with Gasteiger partial charge in [0.25, 0.3) is 5.91 Å². The molecule has 0 radical (unpaired) electrons. The summed E-state index contributed by atoms with van der Waals surface area (Å²) >= 11 is 0. The molecular weight excluding hydrogens is 378 g/mol. The first-order valence-electron chi connectivity index (χ1n) is 9.21. The fourth-order valence-corrected chi connectivity index (χ4v) is 3.93. The average Bonchev–Trinajstić information content (AvgIpc) is 2.69. The van der Waals surface area contributed by atoms with Gasteiger partial charge >= 0.3 is 0 Å². The fourth-order valence-electron chi connectivity index (χ4n) is 3.11. The molecule has 1 fully saturated rings. The van der Waals surface area contributed by atoms with Gasteiger partial charge in [-0.15, -0.1) is 0 Å². The maximum atomic E-state index is 12.4. The normalized spacial score (nSPS) is 15.3. The Labute approximate surface area is 166 Å². The van der Waals surface area contributed by atoms with Gasteiger partial charge in [0.2, 0.25) is 10.0 Å². The third kappa shape index (κ3) is 5.02. The Morgan fingerprint density at radius 3 is 2.14 bits per heavy atom. The van der Waals surface area contributed by atoms with Gasteiger partial charge in [-0.05, 0) is 55.5 Å². The molecular formula is C20H25N3O4S. The molecule has 8 heteroatoms. The molecule has 0 atom stereocenters. The van der Waals surface area contributed by atoms with E-state index in [1.54, 1.807) is 24.3 Å². The van der Waals surface area contributed by atoms with Crippen molar-refractivity contribution >= 4 is 27.3 Å². The fraction of sp³-hybridized carbons (Fsp3) is 0.350. The third-order valence-electron chi connectivity index (χ3n) is 4.63. The monoisotopic (exact) mass is 403 g/mol. The van der Waals surface area contributed by atoms with Gasteiger partial charge < -0.3 is 15.0 Å². The third-order valence-corrected chi connectivity index (χ3v) is 5.93. The highest BCUT2D eigenvalue weighted by Gasteiger charge is 2.23. The number of ether oxygens (including phenoxy) is 1. The smallest absolute Gasteiger partial charge is 0.255 e. The number of nitrogens with zero attached hydrogens (tertiary/aromatic N) is 2. The van der Waals surface area contributed by atoms with Gasteiger partial charge in [-0.1, -0.05) is 0 Å². The van der Waals surface area contributed by atoms with Crippen LogP contribution < -0.4 is 15.0 Å². The van der Waals surface area contributed by atoms with Crippen molar-refractivity contribution in [1.29, 1.82) is 0 Å². The van der Waals surface area contributed by atoms with Crippen LogP contribution in [0.1, 0.15) is 17.3 Å². The predicted octanol–water partition coefficient (Wildman–Crippen LogP) is 2.42. The second-order valence-electron chi connectivity index (χ2n) is 6.61. The van der Waals surface area contributed by atoms with Crippen LogP contribution in [0.15, 0.2) is 48.5 Å². The number of hydrogen-bond acceptors (Lipinski definition) is 5. The molecule has 2 aromatic carbocycles. The van der Waals surface area contributed by atoms with Gasteiger partial charge in [0.05, 0.1) is 12.9 Å². The van der Waals surface area contributed by atoms with Crippen molar-refractivity contribution in [3.8, 4) is 5.75 Å². The van der Waals surface area contributed by atoms with E-state index in [4.69, 9.17) is 4.74 Å². The van der Waals surface area contributed by atoms with Crippen molar-refractivity contribution in [2.75, 3.05) is 49.3 Å². The van der Waals surface area contributed by atoms with Gasteiger partial charge in [-0.2, -0.15) is 4.31 Å². The molecule has 1 N–H and O–H groups in total. The lowest BCUT2D eigenvalue weighted by Crippen LogP contribution is -2.48. The van der Waals surface area contributed by atoms with E-state index in [9.17, 15) is 13.2 Å². The van der Waals surface area contributed by atoms with E-state index in [0.29, 0.717) is 44.0 Å². The second-order valence-corrected chi connectivity index (χ2v) is 8.59. The van der Waals surface area contributed by atoms with Gasteiger partial charge in [-0.3, -0.25) is 4.79 Å². The first-order valence-corrected chi connectivity index (χ1v) is 11.1. The van der Waals surface area contributed by atoms with Crippen molar-refractivity contribution in [3.63, 3.8) is 0 Å². The Kier molecular flexibility index (Phi) is 6.21. The Bertz CT molecular complexity index is 903. The van der Waals surface area contributed by atoms with Crippen molar-refractivity contribution in [1.82, 2.24) is 4.31 Å². The Morgan fingerprint density at radius 1 is 1.00 bits per heavy atom. The molecule has 1 heterocycles. The average molecular weight is 404 g/mol. The van der Waals surface area contributed by atoms with Crippen molar-refractivity contribution in [2.45, 2.75) is 6.92 Å². The number of carbonyl (C=O) groups is 1. The lowest BCUT2D eigenvalue weighted by Gasteiger charge is -2.34. The first kappa shape index (κ1) is 20.2. The summed E-state index contributed by atoms with van der Waals surface area (Å²) < 4.78 is 30.1. The van der Waals surface area contributed by atoms with E-state index in [0.717, 1.165) is 11.4 Å². The van der Waals surface area contributed by atoms with E-state index in [-0.39, 0.29) is 5.91 Å². The molecule has 2 aromatic rings. The summed E-state index contributed by atoms with van der Waals surface area (Å²) in [6, 6.07) is 14.6. The topological polar surface area (TPSA) is 79.0 Å². The minimum Gasteiger partial charge on any atom is -0.494 e. The number of anilines is 2. The number of carbonyl (C=O) groups excluding carboxylic acids is 1. The van der Waals surface area contributed by atoms with Crippen molar-refractivity contribution in [2.24, 2.45) is 0 Å². The zero-order chi connectivity index (χ0) is 20.1.